The van der Waals surface area contributed by atoms with E-state index in [0.29, 0.717) is 46.5 Å². The fraction of sp³-hybridized carbons (Fsp3) is 0.811. The number of aliphatic hydroxyl groups excluding tert-OH is 2. The molecule has 1 aromatic heterocycles. The normalized spacial score (nSPS) is 47.5. The van der Waals surface area contributed by atoms with Crippen molar-refractivity contribution in [2.24, 2.45) is 56.7 Å². The van der Waals surface area contributed by atoms with Gasteiger partial charge >= 0.3 is 0 Å². The van der Waals surface area contributed by atoms with E-state index in [1.807, 2.05) is 0 Å². The number of nitrogens with zero attached hydrogens (tertiary/aromatic N) is 1. The van der Waals surface area contributed by atoms with Crippen LogP contribution in [0.2, 0.25) is 0 Å². The van der Waals surface area contributed by atoms with Crippen LogP contribution in [0, 0.1) is 70.5 Å². The van der Waals surface area contributed by atoms with E-state index in [2.05, 4.69) is 71.5 Å². The van der Waals surface area contributed by atoms with Crippen LogP contribution in [-0.2, 0) is 6.54 Å². The van der Waals surface area contributed by atoms with Crippen molar-refractivity contribution >= 4 is 0 Å². The van der Waals surface area contributed by atoms with Crippen molar-refractivity contribution in [3.63, 3.8) is 0 Å². The number of hydrogen-bond donors (Lipinski definition) is 2. The fourth-order valence-electron chi connectivity index (χ4n) is 12.9. The zero-order valence-corrected chi connectivity index (χ0v) is 26.7. The lowest BCUT2D eigenvalue weighted by atomic mass is 9.32. The van der Waals surface area contributed by atoms with Crippen LogP contribution < -0.4 is 4.57 Å². The molecule has 0 saturated heterocycles. The number of aryl methyl sites for hydroxylation is 2. The summed E-state index contributed by atoms with van der Waals surface area (Å²) in [5.41, 5.74) is 5.00. The van der Waals surface area contributed by atoms with Crippen molar-refractivity contribution in [3.05, 3.63) is 41.7 Å². The van der Waals surface area contributed by atoms with Crippen LogP contribution in [-0.4, -0.2) is 22.9 Å². The molecular weight excluding hydrogens is 490 g/mol. The number of pyridine rings is 1. The molecule has 5 unspecified atom stereocenters. The third-order valence-corrected chi connectivity index (χ3v) is 15.0. The molecule has 3 nitrogen and oxygen atoms in total. The van der Waals surface area contributed by atoms with Gasteiger partial charge in [-0.05, 0) is 146 Å². The molecular formula is C37H58NO2+. The van der Waals surface area contributed by atoms with Crippen molar-refractivity contribution in [2.75, 3.05) is 6.61 Å². The summed E-state index contributed by atoms with van der Waals surface area (Å²) in [6.07, 6.45) is 16.5. The second-order valence-corrected chi connectivity index (χ2v) is 17.0. The van der Waals surface area contributed by atoms with Gasteiger partial charge in [0, 0.05) is 17.7 Å². The zero-order valence-electron chi connectivity index (χ0n) is 26.7. The molecule has 2 N–H and O–H groups in total. The molecule has 0 bridgehead atoms. The van der Waals surface area contributed by atoms with Crippen LogP contribution in [0.3, 0.4) is 0 Å². The van der Waals surface area contributed by atoms with E-state index < -0.39 is 0 Å². The molecule has 5 aliphatic carbocycles. The van der Waals surface area contributed by atoms with Crippen LogP contribution in [0.4, 0.5) is 0 Å². The molecule has 5 fully saturated rings. The average molecular weight is 549 g/mol. The van der Waals surface area contributed by atoms with E-state index in [1.165, 1.54) is 68.1 Å². The Hall–Kier alpha value is -1.19. The molecule has 40 heavy (non-hydrogen) atoms. The lowest BCUT2D eigenvalue weighted by molar-refractivity contribution is -0.690. The maximum Gasteiger partial charge on any atom is 0.172 e. The Bertz CT molecular complexity index is 1150. The maximum absolute atomic E-state index is 11.0. The molecule has 222 valence electrons. The standard InChI is InChI=1S/C37H58NO2/c1-24-19-25(2)21-38(20-24)22-26(3)27-11-16-37(23-39)18-17-35(7)28(32(27)37)9-10-30-34(6)14-13-31(40)33(4,5)29(34)12-15-36(30,35)8/h19-21,27-32,39-40H,3,9-18,22-23H2,1-2,4-8H3/q+1/t27?,28?,29?,30?,31-,32?,34-,35+,36+,37+/m0/s1. The Kier molecular flexibility index (Phi) is 6.80. The minimum Gasteiger partial charge on any atom is -0.396 e. The van der Waals surface area contributed by atoms with Crippen LogP contribution in [0.25, 0.3) is 0 Å². The quantitative estimate of drug-likeness (QED) is 0.301. The molecule has 6 rings (SSSR count). The molecule has 0 amide bonds. The van der Waals surface area contributed by atoms with Gasteiger partial charge in [0.2, 0.25) is 0 Å². The highest BCUT2D eigenvalue weighted by Gasteiger charge is 2.70. The summed E-state index contributed by atoms with van der Waals surface area (Å²) >= 11 is 0. The van der Waals surface area contributed by atoms with Gasteiger partial charge in [0.15, 0.2) is 18.9 Å². The topological polar surface area (TPSA) is 44.3 Å². The van der Waals surface area contributed by atoms with Gasteiger partial charge in [-0.3, -0.25) is 0 Å². The smallest absolute Gasteiger partial charge is 0.172 e. The molecule has 10 atom stereocenters. The fourth-order valence-corrected chi connectivity index (χ4v) is 12.9. The number of aliphatic hydroxyl groups is 2. The molecule has 0 aromatic carbocycles. The number of aromatic nitrogens is 1. The van der Waals surface area contributed by atoms with Gasteiger partial charge in [-0.2, -0.15) is 0 Å². The Balaban J connectivity index is 1.33. The number of allylic oxidation sites excluding steroid dienone is 1. The van der Waals surface area contributed by atoms with Crippen LogP contribution in [0.1, 0.15) is 110 Å². The van der Waals surface area contributed by atoms with E-state index in [9.17, 15) is 10.2 Å². The highest BCUT2D eigenvalue weighted by atomic mass is 16.3. The summed E-state index contributed by atoms with van der Waals surface area (Å²) in [5.74, 6) is 3.03. The van der Waals surface area contributed by atoms with Crippen LogP contribution >= 0.6 is 0 Å². The van der Waals surface area contributed by atoms with Gasteiger partial charge in [0.25, 0.3) is 0 Å². The van der Waals surface area contributed by atoms with E-state index in [0.717, 1.165) is 25.3 Å². The first-order chi connectivity index (χ1) is 18.7. The van der Waals surface area contributed by atoms with Gasteiger partial charge in [-0.15, -0.1) is 0 Å². The van der Waals surface area contributed by atoms with Gasteiger partial charge < -0.3 is 10.2 Å². The SMILES string of the molecule is C=C(C[n+]1cc(C)cc(C)c1)C1CC[C@]2(CO)CC[C@]3(C)C(CCC4[C@@]5(C)CC[C@H](O)C(C)(C)C5CC[C@]43C)C12. The summed E-state index contributed by atoms with van der Waals surface area (Å²) in [6.45, 7) is 23.1. The van der Waals surface area contributed by atoms with E-state index in [1.54, 1.807) is 0 Å². The summed E-state index contributed by atoms with van der Waals surface area (Å²) in [5, 5.41) is 22.0. The molecule has 0 aliphatic heterocycles. The molecule has 0 spiro atoms. The molecule has 0 radical (unpaired) electrons. The van der Waals surface area contributed by atoms with Gasteiger partial charge in [-0.25, -0.2) is 4.57 Å². The summed E-state index contributed by atoms with van der Waals surface area (Å²) in [4.78, 5) is 0. The van der Waals surface area contributed by atoms with Crippen LogP contribution in [0.15, 0.2) is 30.6 Å². The highest BCUT2D eigenvalue weighted by Crippen LogP contribution is 2.77. The van der Waals surface area contributed by atoms with Crippen molar-refractivity contribution in [3.8, 4) is 0 Å². The van der Waals surface area contributed by atoms with Crippen molar-refractivity contribution in [1.82, 2.24) is 0 Å². The largest absolute Gasteiger partial charge is 0.396 e. The third-order valence-electron chi connectivity index (χ3n) is 15.0. The lowest BCUT2D eigenvalue weighted by Crippen LogP contribution is -2.66. The van der Waals surface area contributed by atoms with Gasteiger partial charge in [0.05, 0.1) is 6.10 Å². The lowest BCUT2D eigenvalue weighted by Gasteiger charge is -2.73. The third kappa shape index (κ3) is 3.84. The first-order valence-corrected chi connectivity index (χ1v) is 16.7. The summed E-state index contributed by atoms with van der Waals surface area (Å²) in [6, 6.07) is 2.25. The molecule has 1 heterocycles. The molecule has 5 aliphatic rings. The Morgan fingerprint density at radius 3 is 2.23 bits per heavy atom. The van der Waals surface area contributed by atoms with Gasteiger partial charge in [-0.1, -0.05) is 41.2 Å². The minimum atomic E-state index is -0.165. The second-order valence-electron chi connectivity index (χ2n) is 17.0. The Morgan fingerprint density at radius 1 is 0.850 bits per heavy atom. The van der Waals surface area contributed by atoms with E-state index in [-0.39, 0.29) is 16.9 Å². The molecule has 5 saturated carbocycles. The van der Waals surface area contributed by atoms with Crippen molar-refractivity contribution < 1.29 is 14.8 Å². The first kappa shape index (κ1) is 28.9. The molecule has 3 heteroatoms. The van der Waals surface area contributed by atoms with Crippen molar-refractivity contribution in [2.45, 2.75) is 125 Å². The average Bonchev–Trinajstić information content (AvgIpc) is 3.27. The number of fused-ring (bicyclic) bond motifs is 7. The predicted molar refractivity (Wildman–Crippen MR) is 162 cm³/mol. The number of hydrogen-bond acceptors (Lipinski definition) is 2. The van der Waals surface area contributed by atoms with Crippen LogP contribution in [0.5, 0.6) is 0 Å². The summed E-state index contributed by atoms with van der Waals surface area (Å²) in [7, 11) is 0. The predicted octanol–water partition coefficient (Wildman–Crippen LogP) is 7.58. The highest BCUT2D eigenvalue weighted by molar-refractivity contribution is 5.22. The Morgan fingerprint density at radius 2 is 1.55 bits per heavy atom. The summed E-state index contributed by atoms with van der Waals surface area (Å²) < 4.78 is 2.35. The van der Waals surface area contributed by atoms with Crippen molar-refractivity contribution in [1.29, 1.82) is 0 Å². The van der Waals surface area contributed by atoms with Gasteiger partial charge in [0.1, 0.15) is 0 Å². The van der Waals surface area contributed by atoms with E-state index in [4.69, 9.17) is 6.58 Å². The zero-order chi connectivity index (χ0) is 28.9. The Labute approximate surface area is 244 Å². The maximum atomic E-state index is 11.0. The minimum absolute atomic E-state index is 0.00476. The number of rotatable bonds is 4. The molecule has 1 aromatic rings. The second kappa shape index (κ2) is 9.40. The monoisotopic (exact) mass is 548 g/mol. The first-order valence-electron chi connectivity index (χ1n) is 16.7. The van der Waals surface area contributed by atoms with E-state index >= 15 is 0 Å².